The fourth-order valence-corrected chi connectivity index (χ4v) is 2.06. The normalized spacial score (nSPS) is 10.2. The van der Waals surface area contributed by atoms with Crippen LogP contribution in [0.25, 0.3) is 0 Å². The molecule has 1 amide bonds. The summed E-state index contributed by atoms with van der Waals surface area (Å²) in [5.74, 6) is -0.241. The van der Waals surface area contributed by atoms with Crippen LogP contribution < -0.4 is 11.1 Å². The number of halogens is 1. The topological polar surface area (TPSA) is 55.1 Å². The SMILES string of the molecule is CCc1ccc(NC(=O)c2ccccc2Cl)cc1N. The third-order valence-corrected chi connectivity index (χ3v) is 3.23. The van der Waals surface area contributed by atoms with Gasteiger partial charge in [-0.25, -0.2) is 0 Å². The lowest BCUT2D eigenvalue weighted by Gasteiger charge is -2.09. The van der Waals surface area contributed by atoms with E-state index in [1.54, 1.807) is 30.3 Å². The van der Waals surface area contributed by atoms with Crippen molar-refractivity contribution >= 4 is 28.9 Å². The quantitative estimate of drug-likeness (QED) is 0.838. The van der Waals surface area contributed by atoms with E-state index in [-0.39, 0.29) is 5.91 Å². The molecule has 3 N–H and O–H groups in total. The number of amides is 1. The molecule has 2 aromatic rings. The fraction of sp³-hybridized carbons (Fsp3) is 0.133. The first-order valence-corrected chi connectivity index (χ1v) is 6.44. The van der Waals surface area contributed by atoms with E-state index in [1.165, 1.54) is 0 Å². The predicted molar refractivity (Wildman–Crippen MR) is 79.6 cm³/mol. The molecule has 3 nitrogen and oxygen atoms in total. The standard InChI is InChI=1S/C15H15ClN2O/c1-2-10-7-8-11(9-14(10)17)18-15(19)12-5-3-4-6-13(12)16/h3-9H,2,17H2,1H3,(H,18,19). The lowest BCUT2D eigenvalue weighted by molar-refractivity contribution is 0.102. The van der Waals surface area contributed by atoms with E-state index in [2.05, 4.69) is 5.32 Å². The van der Waals surface area contributed by atoms with Crippen molar-refractivity contribution in [3.8, 4) is 0 Å². The average molecular weight is 275 g/mol. The Kier molecular flexibility index (Phi) is 4.07. The molecule has 0 bridgehead atoms. The summed E-state index contributed by atoms with van der Waals surface area (Å²) in [4.78, 5) is 12.1. The third kappa shape index (κ3) is 3.06. The summed E-state index contributed by atoms with van der Waals surface area (Å²) in [6.45, 7) is 2.04. The molecule has 0 spiro atoms. The molecule has 2 aromatic carbocycles. The highest BCUT2D eigenvalue weighted by atomic mass is 35.5. The Labute approximate surface area is 117 Å². The zero-order valence-electron chi connectivity index (χ0n) is 10.6. The van der Waals surface area contributed by atoms with E-state index in [0.29, 0.717) is 22.0 Å². The monoisotopic (exact) mass is 274 g/mol. The minimum Gasteiger partial charge on any atom is -0.398 e. The number of hydrogen-bond acceptors (Lipinski definition) is 2. The summed E-state index contributed by atoms with van der Waals surface area (Å²) >= 11 is 5.98. The van der Waals surface area contributed by atoms with Crippen LogP contribution in [0.15, 0.2) is 42.5 Å². The van der Waals surface area contributed by atoms with Crippen LogP contribution in [0.2, 0.25) is 5.02 Å². The molecular weight excluding hydrogens is 260 g/mol. The van der Waals surface area contributed by atoms with Crippen molar-refractivity contribution in [2.75, 3.05) is 11.1 Å². The van der Waals surface area contributed by atoms with E-state index in [0.717, 1.165) is 12.0 Å². The Morgan fingerprint density at radius 3 is 2.63 bits per heavy atom. The highest BCUT2D eigenvalue weighted by Gasteiger charge is 2.10. The summed E-state index contributed by atoms with van der Waals surface area (Å²) < 4.78 is 0. The van der Waals surface area contributed by atoms with Gasteiger partial charge in [-0.1, -0.05) is 36.7 Å². The first-order chi connectivity index (χ1) is 9.11. The first kappa shape index (κ1) is 13.4. The number of anilines is 2. The van der Waals surface area contributed by atoms with Gasteiger partial charge in [0.05, 0.1) is 10.6 Å². The van der Waals surface area contributed by atoms with Gasteiger partial charge >= 0.3 is 0 Å². The number of benzene rings is 2. The van der Waals surface area contributed by atoms with Gasteiger partial charge in [0.1, 0.15) is 0 Å². The molecule has 0 aliphatic carbocycles. The van der Waals surface area contributed by atoms with Crippen molar-refractivity contribution in [3.63, 3.8) is 0 Å². The minimum atomic E-state index is -0.241. The van der Waals surface area contributed by atoms with E-state index in [1.807, 2.05) is 19.1 Å². The van der Waals surface area contributed by atoms with Crippen molar-refractivity contribution < 1.29 is 4.79 Å². The number of nitrogens with two attached hydrogens (primary N) is 1. The molecule has 0 aliphatic rings. The van der Waals surface area contributed by atoms with Crippen molar-refractivity contribution in [2.45, 2.75) is 13.3 Å². The second-order valence-corrected chi connectivity index (χ2v) is 4.61. The van der Waals surface area contributed by atoms with Crippen molar-refractivity contribution in [1.82, 2.24) is 0 Å². The lowest BCUT2D eigenvalue weighted by Crippen LogP contribution is -2.12. The van der Waals surface area contributed by atoms with Gasteiger partial charge < -0.3 is 11.1 Å². The predicted octanol–water partition coefficient (Wildman–Crippen LogP) is 3.74. The molecule has 0 aromatic heterocycles. The molecule has 0 unspecified atom stereocenters. The first-order valence-electron chi connectivity index (χ1n) is 6.06. The van der Waals surface area contributed by atoms with Gasteiger partial charge in [0.15, 0.2) is 0 Å². The third-order valence-electron chi connectivity index (χ3n) is 2.90. The van der Waals surface area contributed by atoms with Crippen LogP contribution in [0.3, 0.4) is 0 Å². The Morgan fingerprint density at radius 2 is 2.00 bits per heavy atom. The highest BCUT2D eigenvalue weighted by molar-refractivity contribution is 6.34. The summed E-state index contributed by atoms with van der Waals surface area (Å²) in [6.07, 6.45) is 0.866. The zero-order valence-corrected chi connectivity index (χ0v) is 11.4. The highest BCUT2D eigenvalue weighted by Crippen LogP contribution is 2.21. The van der Waals surface area contributed by atoms with Crippen LogP contribution in [0.1, 0.15) is 22.8 Å². The van der Waals surface area contributed by atoms with E-state index in [4.69, 9.17) is 17.3 Å². The Hall–Kier alpha value is -2.00. The number of nitrogens with one attached hydrogen (secondary N) is 1. The molecule has 19 heavy (non-hydrogen) atoms. The number of carbonyl (C=O) groups is 1. The van der Waals surface area contributed by atoms with Crippen LogP contribution in [-0.2, 0) is 6.42 Å². The maximum Gasteiger partial charge on any atom is 0.257 e. The van der Waals surface area contributed by atoms with Gasteiger partial charge in [0.2, 0.25) is 0 Å². The van der Waals surface area contributed by atoms with E-state index in [9.17, 15) is 4.79 Å². The molecule has 0 radical (unpaired) electrons. The maximum atomic E-state index is 12.1. The maximum absolute atomic E-state index is 12.1. The van der Waals surface area contributed by atoms with Crippen LogP contribution in [-0.4, -0.2) is 5.91 Å². The average Bonchev–Trinajstić information content (AvgIpc) is 2.39. The molecule has 2 rings (SSSR count). The van der Waals surface area contributed by atoms with Crippen LogP contribution >= 0.6 is 11.6 Å². The Bertz CT molecular complexity index is 611. The summed E-state index contributed by atoms with van der Waals surface area (Å²) in [5, 5.41) is 3.22. The largest absolute Gasteiger partial charge is 0.398 e. The molecule has 0 heterocycles. The molecule has 0 fully saturated rings. The van der Waals surface area contributed by atoms with Gasteiger partial charge in [-0.3, -0.25) is 4.79 Å². The second kappa shape index (κ2) is 5.76. The van der Waals surface area contributed by atoms with E-state index < -0.39 is 0 Å². The number of aryl methyl sites for hydroxylation is 1. The van der Waals surface area contributed by atoms with Gasteiger partial charge in [0, 0.05) is 11.4 Å². The van der Waals surface area contributed by atoms with Crippen molar-refractivity contribution in [2.24, 2.45) is 0 Å². The van der Waals surface area contributed by atoms with Gasteiger partial charge in [-0.2, -0.15) is 0 Å². The van der Waals surface area contributed by atoms with Crippen molar-refractivity contribution in [3.05, 3.63) is 58.6 Å². The summed E-state index contributed by atoms with van der Waals surface area (Å²) in [5.41, 5.74) is 8.76. The van der Waals surface area contributed by atoms with Crippen LogP contribution in [0.4, 0.5) is 11.4 Å². The van der Waals surface area contributed by atoms with Gasteiger partial charge in [0.25, 0.3) is 5.91 Å². The van der Waals surface area contributed by atoms with Crippen LogP contribution in [0.5, 0.6) is 0 Å². The van der Waals surface area contributed by atoms with Gasteiger partial charge in [-0.15, -0.1) is 0 Å². The van der Waals surface area contributed by atoms with Gasteiger partial charge in [-0.05, 0) is 36.2 Å². The zero-order chi connectivity index (χ0) is 13.8. The molecule has 0 saturated carbocycles. The number of carbonyl (C=O) groups excluding carboxylic acids is 1. The Balaban J connectivity index is 2.20. The van der Waals surface area contributed by atoms with Crippen molar-refractivity contribution in [1.29, 1.82) is 0 Å². The van der Waals surface area contributed by atoms with E-state index >= 15 is 0 Å². The fourth-order valence-electron chi connectivity index (χ4n) is 1.84. The molecular formula is C15H15ClN2O. The smallest absolute Gasteiger partial charge is 0.257 e. The summed E-state index contributed by atoms with van der Waals surface area (Å²) in [7, 11) is 0. The lowest BCUT2D eigenvalue weighted by atomic mass is 10.1. The molecule has 0 atom stereocenters. The number of rotatable bonds is 3. The molecule has 0 aliphatic heterocycles. The second-order valence-electron chi connectivity index (χ2n) is 4.20. The summed E-state index contributed by atoms with van der Waals surface area (Å²) in [6, 6.07) is 12.4. The Morgan fingerprint density at radius 1 is 1.26 bits per heavy atom. The molecule has 0 saturated heterocycles. The molecule has 98 valence electrons. The number of hydrogen-bond donors (Lipinski definition) is 2. The number of nitrogen functional groups attached to an aromatic ring is 1. The molecule has 4 heteroatoms. The minimum absolute atomic E-state index is 0.241. The van der Waals surface area contributed by atoms with Crippen LogP contribution in [0, 0.1) is 0 Å².